The number of thiophene rings is 1. The van der Waals surface area contributed by atoms with E-state index in [9.17, 15) is 0 Å². The van der Waals surface area contributed by atoms with E-state index in [4.69, 9.17) is 4.42 Å². The Morgan fingerprint density at radius 3 is 1.55 bits per heavy atom. The average molecular weight is 670 g/mol. The molecule has 2 heterocycles. The van der Waals surface area contributed by atoms with Crippen LogP contribution in [0.5, 0.6) is 0 Å². The van der Waals surface area contributed by atoms with Crippen LogP contribution in [0.25, 0.3) is 75.5 Å². The zero-order chi connectivity index (χ0) is 33.7. The number of furan rings is 1. The topological polar surface area (TPSA) is 16.4 Å². The molecular formula is C48H31NOS. The molecule has 10 aromatic rings. The normalized spacial score (nSPS) is 11.5. The van der Waals surface area contributed by atoms with Crippen molar-refractivity contribution in [3.05, 3.63) is 188 Å². The highest BCUT2D eigenvalue weighted by Gasteiger charge is 2.19. The zero-order valence-electron chi connectivity index (χ0n) is 27.7. The van der Waals surface area contributed by atoms with Crippen LogP contribution in [-0.2, 0) is 0 Å². The minimum Gasteiger partial charge on any atom is -0.456 e. The van der Waals surface area contributed by atoms with Crippen LogP contribution in [0.15, 0.2) is 192 Å². The molecule has 240 valence electrons. The molecule has 0 aliphatic heterocycles. The van der Waals surface area contributed by atoms with Crippen molar-refractivity contribution in [2.24, 2.45) is 0 Å². The van der Waals surface area contributed by atoms with Gasteiger partial charge in [0.25, 0.3) is 0 Å². The Kier molecular flexibility index (Phi) is 7.04. The van der Waals surface area contributed by atoms with E-state index in [0.717, 1.165) is 39.0 Å². The molecule has 0 unspecified atom stereocenters. The molecule has 0 N–H and O–H groups in total. The van der Waals surface area contributed by atoms with Gasteiger partial charge in [0.2, 0.25) is 0 Å². The standard InChI is InChI=1S/C48H31NOS/c1-3-10-32(11-4-1)34-18-24-38(25-19-34)49(39-26-20-35(21-27-39)33-12-5-2-6-13-33)43-15-9-17-47-48(43)42-31-37(23-29-46(42)51-47)36-22-28-45-41(30-36)40-14-7-8-16-44(40)50-45/h1-31H. The zero-order valence-corrected chi connectivity index (χ0v) is 28.5. The largest absolute Gasteiger partial charge is 0.456 e. The third kappa shape index (κ3) is 5.18. The van der Waals surface area contributed by atoms with Gasteiger partial charge < -0.3 is 9.32 Å². The maximum Gasteiger partial charge on any atom is 0.135 e. The smallest absolute Gasteiger partial charge is 0.135 e. The highest BCUT2D eigenvalue weighted by Crippen LogP contribution is 2.46. The summed E-state index contributed by atoms with van der Waals surface area (Å²) >= 11 is 1.85. The summed E-state index contributed by atoms with van der Waals surface area (Å²) in [5.41, 5.74) is 12.4. The summed E-state index contributed by atoms with van der Waals surface area (Å²) in [6, 6.07) is 67.5. The third-order valence-electron chi connectivity index (χ3n) is 9.89. The fourth-order valence-electron chi connectivity index (χ4n) is 7.37. The van der Waals surface area contributed by atoms with Crippen molar-refractivity contribution in [3.8, 4) is 33.4 Å². The highest BCUT2D eigenvalue weighted by molar-refractivity contribution is 7.26. The maximum atomic E-state index is 6.15. The van der Waals surface area contributed by atoms with Crippen molar-refractivity contribution in [3.63, 3.8) is 0 Å². The van der Waals surface area contributed by atoms with E-state index in [1.807, 2.05) is 23.5 Å². The number of para-hydroxylation sites is 1. The van der Waals surface area contributed by atoms with Crippen molar-refractivity contribution in [1.29, 1.82) is 0 Å². The van der Waals surface area contributed by atoms with Gasteiger partial charge in [0.05, 0.1) is 5.69 Å². The summed E-state index contributed by atoms with van der Waals surface area (Å²) < 4.78 is 8.69. The Morgan fingerprint density at radius 2 is 0.882 bits per heavy atom. The van der Waals surface area contributed by atoms with E-state index in [1.54, 1.807) is 0 Å². The molecule has 0 aliphatic rings. The van der Waals surface area contributed by atoms with E-state index < -0.39 is 0 Å². The molecule has 2 aromatic heterocycles. The van der Waals surface area contributed by atoms with Crippen LogP contribution in [0.2, 0.25) is 0 Å². The highest BCUT2D eigenvalue weighted by atomic mass is 32.1. The number of fused-ring (bicyclic) bond motifs is 6. The van der Waals surface area contributed by atoms with E-state index in [1.165, 1.54) is 53.6 Å². The molecule has 2 nitrogen and oxygen atoms in total. The first kappa shape index (κ1) is 29.5. The first-order chi connectivity index (χ1) is 25.3. The predicted octanol–water partition coefficient (Wildman–Crippen LogP) is 14.4. The lowest BCUT2D eigenvalue weighted by Gasteiger charge is -2.27. The van der Waals surface area contributed by atoms with Gasteiger partial charge in [-0.2, -0.15) is 0 Å². The molecule has 8 aromatic carbocycles. The van der Waals surface area contributed by atoms with E-state index in [-0.39, 0.29) is 0 Å². The van der Waals surface area contributed by atoms with Gasteiger partial charge in [-0.15, -0.1) is 11.3 Å². The van der Waals surface area contributed by atoms with Crippen LogP contribution in [-0.4, -0.2) is 0 Å². The van der Waals surface area contributed by atoms with Gasteiger partial charge in [-0.05, 0) is 100 Å². The minimum absolute atomic E-state index is 0.913. The lowest BCUT2D eigenvalue weighted by molar-refractivity contribution is 0.669. The maximum absolute atomic E-state index is 6.15. The van der Waals surface area contributed by atoms with Crippen LogP contribution >= 0.6 is 11.3 Å². The molecule has 0 aliphatic carbocycles. The van der Waals surface area contributed by atoms with Crippen molar-refractivity contribution < 1.29 is 4.42 Å². The van der Waals surface area contributed by atoms with Gasteiger partial charge in [0, 0.05) is 42.3 Å². The Labute approximate surface area is 300 Å². The Morgan fingerprint density at radius 1 is 0.353 bits per heavy atom. The molecule has 0 bridgehead atoms. The molecular weight excluding hydrogens is 639 g/mol. The summed E-state index contributed by atoms with van der Waals surface area (Å²) in [6.07, 6.45) is 0. The number of nitrogens with zero attached hydrogens (tertiary/aromatic N) is 1. The van der Waals surface area contributed by atoms with Crippen molar-refractivity contribution in [2.75, 3.05) is 4.90 Å². The fourth-order valence-corrected chi connectivity index (χ4v) is 8.48. The Hall–Kier alpha value is -6.42. The van der Waals surface area contributed by atoms with Gasteiger partial charge >= 0.3 is 0 Å². The number of hydrogen-bond donors (Lipinski definition) is 0. The summed E-state index contributed by atoms with van der Waals surface area (Å²) in [5, 5.41) is 4.80. The fraction of sp³-hybridized carbons (Fsp3) is 0. The van der Waals surface area contributed by atoms with Crippen LogP contribution in [0.4, 0.5) is 17.1 Å². The summed E-state index contributed by atoms with van der Waals surface area (Å²) in [7, 11) is 0. The SMILES string of the molecule is c1ccc(-c2ccc(N(c3ccc(-c4ccccc4)cc3)c3cccc4sc5ccc(-c6ccc7oc8ccccc8c7c6)cc5c34)cc2)cc1. The number of hydrogen-bond acceptors (Lipinski definition) is 3. The summed E-state index contributed by atoms with van der Waals surface area (Å²) in [4.78, 5) is 2.41. The second kappa shape index (κ2) is 12.2. The second-order valence-electron chi connectivity index (χ2n) is 12.9. The van der Waals surface area contributed by atoms with Crippen molar-refractivity contribution >= 4 is 70.5 Å². The Balaban J connectivity index is 1.14. The van der Waals surface area contributed by atoms with Gasteiger partial charge in [-0.3, -0.25) is 0 Å². The van der Waals surface area contributed by atoms with Gasteiger partial charge in [0.15, 0.2) is 0 Å². The van der Waals surface area contributed by atoms with Crippen LogP contribution < -0.4 is 4.90 Å². The first-order valence-corrected chi connectivity index (χ1v) is 18.1. The lowest BCUT2D eigenvalue weighted by Crippen LogP contribution is -2.10. The van der Waals surface area contributed by atoms with Crippen molar-refractivity contribution in [1.82, 2.24) is 0 Å². The molecule has 0 amide bonds. The van der Waals surface area contributed by atoms with Crippen molar-refractivity contribution in [2.45, 2.75) is 0 Å². The minimum atomic E-state index is 0.913. The molecule has 3 heteroatoms. The number of rotatable bonds is 6. The monoisotopic (exact) mass is 669 g/mol. The molecule has 51 heavy (non-hydrogen) atoms. The van der Waals surface area contributed by atoms with E-state index >= 15 is 0 Å². The molecule has 10 rings (SSSR count). The number of anilines is 3. The molecule has 0 atom stereocenters. The van der Waals surface area contributed by atoms with E-state index in [0.29, 0.717) is 0 Å². The Bertz CT molecular complexity index is 2750. The van der Waals surface area contributed by atoms with Gasteiger partial charge in [0.1, 0.15) is 11.2 Å². The summed E-state index contributed by atoms with van der Waals surface area (Å²) in [6.45, 7) is 0. The van der Waals surface area contributed by atoms with Crippen LogP contribution in [0, 0.1) is 0 Å². The average Bonchev–Trinajstić information content (AvgIpc) is 3.77. The predicted molar refractivity (Wildman–Crippen MR) is 218 cm³/mol. The molecule has 0 radical (unpaired) electrons. The lowest BCUT2D eigenvalue weighted by atomic mass is 9.99. The first-order valence-electron chi connectivity index (χ1n) is 17.2. The number of benzene rings is 8. The second-order valence-corrected chi connectivity index (χ2v) is 14.0. The quantitative estimate of drug-likeness (QED) is 0.175. The summed E-state index contributed by atoms with van der Waals surface area (Å²) in [5.74, 6) is 0. The van der Waals surface area contributed by atoms with Gasteiger partial charge in [-0.1, -0.05) is 121 Å². The van der Waals surface area contributed by atoms with Crippen LogP contribution in [0.1, 0.15) is 0 Å². The molecule has 0 fully saturated rings. The molecule has 0 spiro atoms. The van der Waals surface area contributed by atoms with Gasteiger partial charge in [-0.25, -0.2) is 0 Å². The third-order valence-corrected chi connectivity index (χ3v) is 11.0. The van der Waals surface area contributed by atoms with Crippen LogP contribution in [0.3, 0.4) is 0 Å². The molecule has 0 saturated heterocycles. The molecule has 0 saturated carbocycles. The van der Waals surface area contributed by atoms with E-state index in [2.05, 4.69) is 181 Å².